The van der Waals surface area contributed by atoms with Crippen LogP contribution in [0.4, 0.5) is 5.69 Å². The summed E-state index contributed by atoms with van der Waals surface area (Å²) in [5, 5.41) is 2.39. The van der Waals surface area contributed by atoms with Crippen LogP contribution in [0.5, 0.6) is 0 Å². The zero-order valence-electron chi connectivity index (χ0n) is 29.8. The van der Waals surface area contributed by atoms with Crippen molar-refractivity contribution in [3.63, 3.8) is 0 Å². The zero-order valence-corrected chi connectivity index (χ0v) is 33.2. The quantitative estimate of drug-likeness (QED) is 0.0723. The third-order valence-electron chi connectivity index (χ3n) is 8.43. The Kier molecular flexibility index (Phi) is 15.0. The summed E-state index contributed by atoms with van der Waals surface area (Å²) in [4.78, 5) is 3.59. The number of thiazole rings is 1. The molecule has 0 saturated carbocycles. The molecule has 0 unspecified atom stereocenters. The highest BCUT2D eigenvalue weighted by atomic mass is 32.2. The van der Waals surface area contributed by atoms with Crippen molar-refractivity contribution < 1.29 is 31.8 Å². The van der Waals surface area contributed by atoms with Gasteiger partial charge in [0.1, 0.15) is 4.70 Å². The third kappa shape index (κ3) is 9.87. The molecule has 0 atom stereocenters. The lowest BCUT2D eigenvalue weighted by molar-refractivity contribution is -0.668. The normalized spacial score (nSPS) is 16.7. The van der Waals surface area contributed by atoms with Gasteiger partial charge in [-0.1, -0.05) is 47.4 Å². The van der Waals surface area contributed by atoms with Gasteiger partial charge in [-0.15, -0.1) is 0 Å². The standard InChI is InChI=1S/C36H49N2O6P2S2.CH3/c1-6-41-45(39,42-7-2)24-14-22-37-31-16-10-12-18-33(31)47-35(37)26-29-20-21-30(28(29)5)27-36-38(32-17-11-13-19-34(32)48-36)23-15-25-46(40,43-8-3)44-9-4;/h10-13,16-19,26-27H,6-9,14-15,20-25H2,1-5H3;1H3/q+1;-1. The fourth-order valence-corrected chi connectivity index (χ4v) is 11.9. The fourth-order valence-electron chi connectivity index (χ4n) is 6.26. The van der Waals surface area contributed by atoms with Crippen LogP contribution in [0.2, 0.25) is 0 Å². The molecule has 0 N–H and O–H groups in total. The lowest BCUT2D eigenvalue weighted by Crippen LogP contribution is -2.35. The number of allylic oxidation sites excluding steroid dienone is 4. The summed E-state index contributed by atoms with van der Waals surface area (Å²) < 4.78 is 52.1. The molecule has 3 aromatic rings. The molecule has 2 aliphatic rings. The maximum absolute atomic E-state index is 13.1. The van der Waals surface area contributed by atoms with E-state index >= 15 is 0 Å². The fraction of sp³-hybridized carbons (Fsp3) is 0.459. The SMILES string of the molecule is CCOP(=O)(CCCN1/C(=C/C2=C(C)C(=C/c3sc4ccccc4[n+]3CCCP(=O)(OCC)OCC)/CC2)Sc2ccccc21)OCC.[CH3-]. The highest BCUT2D eigenvalue weighted by Gasteiger charge is 2.30. The van der Waals surface area contributed by atoms with E-state index in [0.29, 0.717) is 51.6 Å². The Morgan fingerprint density at radius 3 is 2.10 bits per heavy atom. The minimum atomic E-state index is -3.10. The molecule has 0 bridgehead atoms. The molecule has 8 nitrogen and oxygen atoms in total. The van der Waals surface area contributed by atoms with Crippen molar-refractivity contribution in [1.82, 2.24) is 0 Å². The number of nitrogens with zero attached hydrogens (tertiary/aromatic N) is 2. The lowest BCUT2D eigenvalue weighted by Gasteiger charge is -2.22. The molecule has 49 heavy (non-hydrogen) atoms. The summed E-state index contributed by atoms with van der Waals surface area (Å²) in [5.41, 5.74) is 6.38. The Morgan fingerprint density at radius 1 is 0.816 bits per heavy atom. The smallest absolute Gasteiger partial charge is 0.330 e. The van der Waals surface area contributed by atoms with Crippen LogP contribution in [0.3, 0.4) is 0 Å². The molecule has 1 aliphatic heterocycles. The van der Waals surface area contributed by atoms with E-state index in [9.17, 15) is 9.13 Å². The average Bonchev–Trinajstić information content (AvgIpc) is 3.71. The predicted molar refractivity (Wildman–Crippen MR) is 207 cm³/mol. The van der Waals surface area contributed by atoms with E-state index in [1.807, 2.05) is 27.7 Å². The molecule has 1 aliphatic carbocycles. The van der Waals surface area contributed by atoms with Crippen molar-refractivity contribution in [3.8, 4) is 0 Å². The first kappa shape index (κ1) is 39.8. The van der Waals surface area contributed by atoms with Crippen LogP contribution >= 0.6 is 38.3 Å². The first-order valence-electron chi connectivity index (χ1n) is 17.1. The van der Waals surface area contributed by atoms with Crippen LogP contribution in [0, 0.1) is 7.43 Å². The van der Waals surface area contributed by atoms with Gasteiger partial charge >= 0.3 is 15.2 Å². The van der Waals surface area contributed by atoms with E-state index in [2.05, 4.69) is 77.1 Å². The van der Waals surface area contributed by atoms with Gasteiger partial charge < -0.3 is 30.4 Å². The Morgan fingerprint density at radius 2 is 1.43 bits per heavy atom. The summed E-state index contributed by atoms with van der Waals surface area (Å²) in [6.07, 6.45) is 8.84. The van der Waals surface area contributed by atoms with Crippen LogP contribution < -0.4 is 9.47 Å². The van der Waals surface area contributed by atoms with E-state index in [1.54, 1.807) is 23.1 Å². The number of hydrogen-bond acceptors (Lipinski definition) is 9. The summed E-state index contributed by atoms with van der Waals surface area (Å²) in [5.74, 6) is 0. The molecular weight excluding hydrogens is 694 g/mol. The number of anilines is 1. The summed E-state index contributed by atoms with van der Waals surface area (Å²) in [6, 6.07) is 17.0. The second kappa shape index (κ2) is 18.5. The van der Waals surface area contributed by atoms with Gasteiger partial charge in [0.15, 0.2) is 6.54 Å². The molecule has 2 aromatic carbocycles. The highest BCUT2D eigenvalue weighted by molar-refractivity contribution is 8.03. The van der Waals surface area contributed by atoms with Crippen molar-refractivity contribution >= 4 is 60.3 Å². The molecular formula is C37H52N2O6P2S2. The average molecular weight is 747 g/mol. The number of benzene rings is 2. The summed E-state index contributed by atoms with van der Waals surface area (Å²) in [7, 11) is -6.19. The van der Waals surface area contributed by atoms with E-state index in [1.165, 1.54) is 47.6 Å². The van der Waals surface area contributed by atoms with Crippen molar-refractivity contribution in [2.45, 2.75) is 71.7 Å². The Labute approximate surface area is 301 Å². The largest absolute Gasteiger partial charge is 0.358 e. The van der Waals surface area contributed by atoms with Gasteiger partial charge in [-0.25, -0.2) is 0 Å². The second-order valence-corrected chi connectivity index (χ2v) is 18.1. The first-order chi connectivity index (χ1) is 23.2. The van der Waals surface area contributed by atoms with Crippen molar-refractivity contribution in [1.29, 1.82) is 0 Å². The number of para-hydroxylation sites is 2. The number of fused-ring (bicyclic) bond motifs is 2. The van der Waals surface area contributed by atoms with Gasteiger partial charge in [-0.05, 0) is 94.9 Å². The van der Waals surface area contributed by atoms with Crippen LogP contribution in [-0.4, -0.2) is 45.3 Å². The number of thioether (sulfide) groups is 1. The molecule has 0 spiro atoms. The van der Waals surface area contributed by atoms with Crippen LogP contribution in [0.15, 0.2) is 81.3 Å². The molecule has 0 saturated heterocycles. The van der Waals surface area contributed by atoms with Crippen molar-refractivity contribution in [2.75, 3.05) is 50.2 Å². The van der Waals surface area contributed by atoms with Gasteiger partial charge in [-0.2, -0.15) is 4.57 Å². The first-order valence-corrected chi connectivity index (χ1v) is 22.2. The minimum absolute atomic E-state index is 0. The maximum atomic E-state index is 13.1. The molecule has 2 heterocycles. The van der Waals surface area contributed by atoms with E-state index in [4.69, 9.17) is 18.1 Å². The number of hydrogen-bond donors (Lipinski definition) is 0. The lowest BCUT2D eigenvalue weighted by atomic mass is 10.1. The van der Waals surface area contributed by atoms with Gasteiger partial charge in [0, 0.05) is 30.0 Å². The summed E-state index contributed by atoms with van der Waals surface area (Å²) in [6.45, 7) is 12.6. The Bertz CT molecular complexity index is 1750. The minimum Gasteiger partial charge on any atom is -0.358 e. The predicted octanol–water partition coefficient (Wildman–Crippen LogP) is 10.9. The number of rotatable bonds is 18. The third-order valence-corrected chi connectivity index (χ3v) is 15.0. The molecule has 0 radical (unpaired) electrons. The van der Waals surface area contributed by atoms with Crippen molar-refractivity contribution in [2.24, 2.45) is 0 Å². The van der Waals surface area contributed by atoms with E-state index < -0.39 is 15.2 Å². The van der Waals surface area contributed by atoms with Crippen LogP contribution in [-0.2, 0) is 33.8 Å². The molecule has 12 heteroatoms. The topological polar surface area (TPSA) is 78.2 Å². The molecule has 0 fully saturated rings. The number of aromatic nitrogens is 1. The highest BCUT2D eigenvalue weighted by Crippen LogP contribution is 2.51. The monoisotopic (exact) mass is 746 g/mol. The van der Waals surface area contributed by atoms with Crippen LogP contribution in [0.25, 0.3) is 16.3 Å². The van der Waals surface area contributed by atoms with Gasteiger partial charge in [0.25, 0.3) is 5.01 Å². The molecule has 1 aromatic heterocycles. The Balaban J connectivity index is 0.00000541. The molecule has 5 rings (SSSR count). The van der Waals surface area contributed by atoms with E-state index in [-0.39, 0.29) is 7.43 Å². The summed E-state index contributed by atoms with van der Waals surface area (Å²) >= 11 is 3.59. The maximum Gasteiger partial charge on any atom is 0.330 e. The van der Waals surface area contributed by atoms with Gasteiger partial charge in [-0.3, -0.25) is 9.13 Å². The molecule has 0 amide bonds. The van der Waals surface area contributed by atoms with E-state index in [0.717, 1.165) is 25.9 Å². The van der Waals surface area contributed by atoms with Gasteiger partial charge in [0.05, 0.1) is 49.5 Å². The number of aryl methyl sites for hydroxylation is 1. The van der Waals surface area contributed by atoms with Crippen molar-refractivity contribution in [3.05, 3.63) is 88.8 Å². The molecule has 268 valence electrons. The zero-order chi connectivity index (χ0) is 34.1. The Hall–Kier alpha value is -2.00. The second-order valence-electron chi connectivity index (χ2n) is 11.6. The van der Waals surface area contributed by atoms with Gasteiger partial charge in [0.2, 0.25) is 5.52 Å². The van der Waals surface area contributed by atoms with Crippen LogP contribution in [0.1, 0.15) is 65.3 Å².